The fourth-order valence-corrected chi connectivity index (χ4v) is 5.06. The maximum Gasteiger partial charge on any atom is 0.237 e. The van der Waals surface area contributed by atoms with E-state index in [0.29, 0.717) is 0 Å². The van der Waals surface area contributed by atoms with E-state index in [9.17, 15) is 9.59 Å². The average Bonchev–Trinajstić information content (AvgIpc) is 3.12. The molecule has 28 heavy (non-hydrogen) atoms. The van der Waals surface area contributed by atoms with Crippen molar-refractivity contribution in [2.45, 2.75) is 33.6 Å². The summed E-state index contributed by atoms with van der Waals surface area (Å²) in [5.74, 6) is -0.203. The van der Waals surface area contributed by atoms with Gasteiger partial charge >= 0.3 is 0 Å². The highest BCUT2D eigenvalue weighted by Crippen LogP contribution is 2.59. The van der Waals surface area contributed by atoms with Gasteiger partial charge in [0.15, 0.2) is 0 Å². The third-order valence-corrected chi connectivity index (χ3v) is 7.33. The van der Waals surface area contributed by atoms with Gasteiger partial charge < -0.3 is 9.73 Å². The number of para-hydroxylation sites is 1. The Bertz CT molecular complexity index is 1130. The third kappa shape index (κ3) is 2.13. The molecule has 1 saturated carbocycles. The van der Waals surface area contributed by atoms with Crippen molar-refractivity contribution in [1.29, 1.82) is 0 Å². The van der Waals surface area contributed by atoms with Gasteiger partial charge in [-0.3, -0.25) is 14.5 Å². The Morgan fingerprint density at radius 2 is 1.82 bits per heavy atom. The number of piperidine rings is 1. The summed E-state index contributed by atoms with van der Waals surface area (Å²) < 4.78 is 5.93. The van der Waals surface area contributed by atoms with Gasteiger partial charge in [0.05, 0.1) is 12.1 Å². The molecule has 2 atom stereocenters. The van der Waals surface area contributed by atoms with Crippen molar-refractivity contribution < 1.29 is 14.0 Å². The summed E-state index contributed by atoms with van der Waals surface area (Å²) in [5.41, 5.74) is 1.70. The van der Waals surface area contributed by atoms with Gasteiger partial charge in [-0.05, 0) is 36.5 Å². The fraction of sp³-hybridized carbons (Fsp3) is 0.391. The standard InChI is InChI=1S/C23H24N2O3/c1-22(2)17-10-11-23(22,3)21(27)25(20(17)26)13-24-14-8-9-16-15-6-4-5-7-18(15)28-19(16)12-14/h4-9,12,17,24H,10-11,13H2,1-3H3/t17-,23+/m1/s1. The Hall–Kier alpha value is -2.82. The predicted octanol–water partition coefficient (Wildman–Crippen LogP) is 4.77. The predicted molar refractivity (Wildman–Crippen MR) is 109 cm³/mol. The monoisotopic (exact) mass is 376 g/mol. The summed E-state index contributed by atoms with van der Waals surface area (Å²) in [6.07, 6.45) is 1.56. The fourth-order valence-electron chi connectivity index (χ4n) is 5.06. The van der Waals surface area contributed by atoms with Crippen LogP contribution in [0.2, 0.25) is 0 Å². The van der Waals surface area contributed by atoms with Crippen LogP contribution in [-0.2, 0) is 9.59 Å². The van der Waals surface area contributed by atoms with Gasteiger partial charge in [0, 0.05) is 28.4 Å². The summed E-state index contributed by atoms with van der Waals surface area (Å²) in [6.45, 7) is 6.31. The molecule has 1 saturated heterocycles. The lowest BCUT2D eigenvalue weighted by Gasteiger charge is -2.47. The number of fused-ring (bicyclic) bond motifs is 5. The SMILES string of the molecule is CC1(C)[C@@H]2CC[C@@]1(C)C(=O)N(CNc1ccc3c(c1)oc1ccccc13)C2=O. The minimum Gasteiger partial charge on any atom is -0.456 e. The molecule has 1 aromatic heterocycles. The summed E-state index contributed by atoms with van der Waals surface area (Å²) in [5, 5.41) is 5.38. The topological polar surface area (TPSA) is 62.6 Å². The lowest BCUT2D eigenvalue weighted by atomic mass is 9.62. The van der Waals surface area contributed by atoms with Crippen LogP contribution in [0.3, 0.4) is 0 Å². The zero-order chi connectivity index (χ0) is 19.7. The number of carbonyl (C=O) groups excluding carboxylic acids is 2. The number of anilines is 1. The van der Waals surface area contributed by atoms with Crippen LogP contribution >= 0.6 is 0 Å². The quantitative estimate of drug-likeness (QED) is 0.669. The molecule has 1 aliphatic heterocycles. The van der Waals surface area contributed by atoms with Crippen molar-refractivity contribution in [2.75, 3.05) is 12.0 Å². The van der Waals surface area contributed by atoms with Crippen LogP contribution in [0.5, 0.6) is 0 Å². The number of likely N-dealkylation sites (tertiary alicyclic amines) is 1. The van der Waals surface area contributed by atoms with Crippen molar-refractivity contribution in [1.82, 2.24) is 4.90 Å². The molecule has 2 aliphatic rings. The molecule has 2 amide bonds. The van der Waals surface area contributed by atoms with Crippen molar-refractivity contribution in [3.8, 4) is 0 Å². The number of benzene rings is 2. The van der Waals surface area contributed by atoms with E-state index in [1.165, 1.54) is 4.90 Å². The lowest BCUT2D eigenvalue weighted by Crippen LogP contribution is -2.59. The van der Waals surface area contributed by atoms with Crippen molar-refractivity contribution in [2.24, 2.45) is 16.7 Å². The van der Waals surface area contributed by atoms with E-state index < -0.39 is 5.41 Å². The van der Waals surface area contributed by atoms with Crippen molar-refractivity contribution >= 4 is 39.4 Å². The number of rotatable bonds is 3. The second kappa shape index (κ2) is 5.60. The Morgan fingerprint density at radius 1 is 1.07 bits per heavy atom. The van der Waals surface area contributed by atoms with E-state index in [2.05, 4.69) is 19.2 Å². The van der Waals surface area contributed by atoms with Crippen LogP contribution in [0, 0.1) is 16.7 Å². The molecule has 144 valence electrons. The van der Waals surface area contributed by atoms with E-state index in [1.54, 1.807) is 0 Å². The molecule has 0 unspecified atom stereocenters. The van der Waals surface area contributed by atoms with Crippen molar-refractivity contribution in [3.05, 3.63) is 42.5 Å². The number of amides is 2. The molecule has 5 heteroatoms. The summed E-state index contributed by atoms with van der Waals surface area (Å²) in [4.78, 5) is 27.5. The van der Waals surface area contributed by atoms with Crippen LogP contribution < -0.4 is 5.32 Å². The van der Waals surface area contributed by atoms with Gasteiger partial charge in [0.25, 0.3) is 0 Å². The van der Waals surface area contributed by atoms with E-state index in [0.717, 1.165) is 40.5 Å². The summed E-state index contributed by atoms with van der Waals surface area (Å²) >= 11 is 0. The number of furan rings is 1. The van der Waals surface area contributed by atoms with Crippen LogP contribution in [0.25, 0.3) is 21.9 Å². The highest BCUT2D eigenvalue weighted by molar-refractivity contribution is 6.06. The van der Waals surface area contributed by atoms with E-state index >= 15 is 0 Å². The second-order valence-electron chi connectivity index (χ2n) is 8.86. The lowest BCUT2D eigenvalue weighted by molar-refractivity contribution is -0.167. The minimum absolute atomic E-state index is 0.0534. The molecule has 2 heterocycles. The number of imide groups is 1. The first kappa shape index (κ1) is 17.3. The Labute approximate surface area is 163 Å². The van der Waals surface area contributed by atoms with E-state index in [1.807, 2.05) is 49.4 Å². The Balaban J connectivity index is 1.41. The third-order valence-electron chi connectivity index (χ3n) is 7.33. The largest absolute Gasteiger partial charge is 0.456 e. The Morgan fingerprint density at radius 3 is 2.64 bits per heavy atom. The molecule has 5 rings (SSSR count). The van der Waals surface area contributed by atoms with Gasteiger partial charge in [-0.15, -0.1) is 0 Å². The number of hydrogen-bond acceptors (Lipinski definition) is 4. The molecule has 0 spiro atoms. The number of carbonyl (C=O) groups is 2. The number of nitrogens with one attached hydrogen (secondary N) is 1. The summed E-state index contributed by atoms with van der Waals surface area (Å²) in [7, 11) is 0. The number of nitrogens with zero attached hydrogens (tertiary/aromatic N) is 1. The average molecular weight is 376 g/mol. The first-order valence-electron chi connectivity index (χ1n) is 9.84. The zero-order valence-corrected chi connectivity index (χ0v) is 16.4. The first-order valence-corrected chi connectivity index (χ1v) is 9.84. The Kier molecular flexibility index (Phi) is 3.46. The van der Waals surface area contributed by atoms with Gasteiger partial charge in [-0.25, -0.2) is 0 Å². The maximum atomic E-state index is 13.1. The molecule has 2 fully saturated rings. The van der Waals surface area contributed by atoms with Crippen LogP contribution in [0.15, 0.2) is 46.9 Å². The molecule has 1 N–H and O–H groups in total. The van der Waals surface area contributed by atoms with Crippen LogP contribution in [0.1, 0.15) is 33.6 Å². The van der Waals surface area contributed by atoms with Gasteiger partial charge in [0.2, 0.25) is 11.8 Å². The minimum atomic E-state index is -0.476. The molecule has 3 aromatic rings. The van der Waals surface area contributed by atoms with E-state index in [4.69, 9.17) is 4.42 Å². The van der Waals surface area contributed by atoms with Gasteiger partial charge in [-0.1, -0.05) is 39.0 Å². The molecule has 2 aromatic carbocycles. The molecule has 1 aliphatic carbocycles. The molecular weight excluding hydrogens is 352 g/mol. The number of hydrogen-bond donors (Lipinski definition) is 1. The molecule has 5 nitrogen and oxygen atoms in total. The molecule has 0 radical (unpaired) electrons. The highest BCUT2D eigenvalue weighted by atomic mass is 16.3. The normalized spacial score (nSPS) is 26.4. The van der Waals surface area contributed by atoms with Gasteiger partial charge in [-0.2, -0.15) is 0 Å². The molecule has 2 bridgehead atoms. The maximum absolute atomic E-state index is 13.1. The smallest absolute Gasteiger partial charge is 0.237 e. The zero-order valence-electron chi connectivity index (χ0n) is 16.4. The summed E-state index contributed by atoms with van der Waals surface area (Å²) in [6, 6.07) is 13.8. The van der Waals surface area contributed by atoms with Gasteiger partial charge in [0.1, 0.15) is 11.2 Å². The second-order valence-corrected chi connectivity index (χ2v) is 8.86. The van der Waals surface area contributed by atoms with E-state index in [-0.39, 0.29) is 29.8 Å². The molecular formula is C23H24N2O3. The van der Waals surface area contributed by atoms with Crippen molar-refractivity contribution in [3.63, 3.8) is 0 Å². The highest BCUT2D eigenvalue weighted by Gasteiger charge is 2.64. The first-order chi connectivity index (χ1) is 13.3. The van der Waals surface area contributed by atoms with Crippen LogP contribution in [-0.4, -0.2) is 23.4 Å². The van der Waals surface area contributed by atoms with Crippen LogP contribution in [0.4, 0.5) is 5.69 Å².